The van der Waals surface area contributed by atoms with E-state index >= 15 is 0 Å². The SMILES string of the molecule is CCN(CCCc1ccccc1N)Cc1ccccn1. The normalized spacial score (nSPS) is 10.9. The lowest BCUT2D eigenvalue weighted by molar-refractivity contribution is 0.273. The first kappa shape index (κ1) is 14.5. The highest BCUT2D eigenvalue weighted by Gasteiger charge is 2.05. The van der Waals surface area contributed by atoms with Crippen molar-refractivity contribution in [1.82, 2.24) is 9.88 Å². The van der Waals surface area contributed by atoms with Crippen LogP contribution in [0.25, 0.3) is 0 Å². The maximum Gasteiger partial charge on any atom is 0.0543 e. The zero-order valence-electron chi connectivity index (χ0n) is 12.1. The van der Waals surface area contributed by atoms with Gasteiger partial charge in [0.2, 0.25) is 0 Å². The molecule has 0 bridgehead atoms. The van der Waals surface area contributed by atoms with Crippen molar-refractivity contribution in [2.45, 2.75) is 26.3 Å². The number of anilines is 1. The van der Waals surface area contributed by atoms with E-state index in [4.69, 9.17) is 5.73 Å². The molecule has 20 heavy (non-hydrogen) atoms. The number of benzene rings is 1. The summed E-state index contributed by atoms with van der Waals surface area (Å²) < 4.78 is 0. The van der Waals surface area contributed by atoms with Crippen LogP contribution in [0.2, 0.25) is 0 Å². The van der Waals surface area contributed by atoms with Crippen LogP contribution in [0.5, 0.6) is 0 Å². The highest BCUT2D eigenvalue weighted by Crippen LogP contribution is 2.13. The Morgan fingerprint density at radius 2 is 1.90 bits per heavy atom. The van der Waals surface area contributed by atoms with E-state index in [2.05, 4.69) is 35.0 Å². The van der Waals surface area contributed by atoms with Crippen LogP contribution < -0.4 is 5.73 Å². The monoisotopic (exact) mass is 269 g/mol. The van der Waals surface area contributed by atoms with Gasteiger partial charge in [0.15, 0.2) is 0 Å². The van der Waals surface area contributed by atoms with Crippen molar-refractivity contribution in [3.05, 3.63) is 59.9 Å². The molecular formula is C17H23N3. The lowest BCUT2D eigenvalue weighted by Gasteiger charge is -2.20. The van der Waals surface area contributed by atoms with Gasteiger partial charge < -0.3 is 5.73 Å². The van der Waals surface area contributed by atoms with Crippen molar-refractivity contribution in [3.8, 4) is 0 Å². The Balaban J connectivity index is 1.81. The summed E-state index contributed by atoms with van der Waals surface area (Å²) in [7, 11) is 0. The summed E-state index contributed by atoms with van der Waals surface area (Å²) in [6.07, 6.45) is 4.01. The summed E-state index contributed by atoms with van der Waals surface area (Å²) in [6, 6.07) is 14.2. The lowest BCUT2D eigenvalue weighted by atomic mass is 10.1. The number of nitrogen functional groups attached to an aromatic ring is 1. The zero-order valence-corrected chi connectivity index (χ0v) is 12.1. The highest BCUT2D eigenvalue weighted by molar-refractivity contribution is 5.46. The molecule has 0 saturated carbocycles. The molecule has 2 N–H and O–H groups in total. The van der Waals surface area contributed by atoms with E-state index in [-0.39, 0.29) is 0 Å². The molecule has 0 aliphatic rings. The molecule has 0 aliphatic heterocycles. The minimum Gasteiger partial charge on any atom is -0.399 e. The molecule has 0 fully saturated rings. The lowest BCUT2D eigenvalue weighted by Crippen LogP contribution is -2.24. The van der Waals surface area contributed by atoms with Crippen LogP contribution in [0, 0.1) is 0 Å². The Bertz CT molecular complexity index is 511. The minimum absolute atomic E-state index is 0.903. The average molecular weight is 269 g/mol. The zero-order chi connectivity index (χ0) is 14.2. The van der Waals surface area contributed by atoms with Crippen molar-refractivity contribution in [3.63, 3.8) is 0 Å². The molecule has 1 aromatic carbocycles. The Kier molecular flexibility index (Phi) is 5.56. The van der Waals surface area contributed by atoms with Crippen molar-refractivity contribution >= 4 is 5.69 Å². The third kappa shape index (κ3) is 4.35. The Labute approximate surface area is 121 Å². The van der Waals surface area contributed by atoms with Crippen LogP contribution in [0.3, 0.4) is 0 Å². The highest BCUT2D eigenvalue weighted by atomic mass is 15.1. The van der Waals surface area contributed by atoms with Gasteiger partial charge in [-0.2, -0.15) is 0 Å². The van der Waals surface area contributed by atoms with E-state index < -0.39 is 0 Å². The van der Waals surface area contributed by atoms with Gasteiger partial charge in [-0.05, 0) is 49.7 Å². The van der Waals surface area contributed by atoms with Gasteiger partial charge >= 0.3 is 0 Å². The van der Waals surface area contributed by atoms with Gasteiger partial charge in [-0.3, -0.25) is 9.88 Å². The fraction of sp³-hybridized carbons (Fsp3) is 0.353. The van der Waals surface area contributed by atoms with E-state index in [1.54, 1.807) is 0 Å². The van der Waals surface area contributed by atoms with Crippen molar-refractivity contribution in [2.75, 3.05) is 18.8 Å². The van der Waals surface area contributed by atoms with Crippen LogP contribution in [-0.4, -0.2) is 23.0 Å². The van der Waals surface area contributed by atoms with Gasteiger partial charge in [-0.15, -0.1) is 0 Å². The van der Waals surface area contributed by atoms with E-state index in [9.17, 15) is 0 Å². The molecule has 0 spiro atoms. The topological polar surface area (TPSA) is 42.1 Å². The van der Waals surface area contributed by atoms with Crippen molar-refractivity contribution < 1.29 is 0 Å². The van der Waals surface area contributed by atoms with Crippen LogP contribution >= 0.6 is 0 Å². The number of aromatic nitrogens is 1. The van der Waals surface area contributed by atoms with Crippen molar-refractivity contribution in [1.29, 1.82) is 0 Å². The summed E-state index contributed by atoms with van der Waals surface area (Å²) >= 11 is 0. The standard InChI is InChI=1S/C17H23N3/c1-2-20(14-16-10-5-6-12-19-16)13-7-9-15-8-3-4-11-17(15)18/h3-6,8,10-12H,2,7,9,13-14,18H2,1H3. The smallest absolute Gasteiger partial charge is 0.0543 e. The predicted molar refractivity (Wildman–Crippen MR) is 84.4 cm³/mol. The van der Waals surface area contributed by atoms with Gasteiger partial charge in [-0.1, -0.05) is 31.2 Å². The molecule has 2 rings (SSSR count). The number of nitrogens with zero attached hydrogens (tertiary/aromatic N) is 2. The number of rotatable bonds is 7. The van der Waals surface area contributed by atoms with Crippen molar-refractivity contribution in [2.24, 2.45) is 0 Å². The van der Waals surface area contributed by atoms with Crippen LogP contribution in [0.1, 0.15) is 24.6 Å². The van der Waals surface area contributed by atoms with E-state index in [1.165, 1.54) is 5.56 Å². The quantitative estimate of drug-likeness (QED) is 0.785. The first-order chi connectivity index (χ1) is 9.79. The van der Waals surface area contributed by atoms with Gasteiger partial charge in [0.1, 0.15) is 0 Å². The Morgan fingerprint density at radius 1 is 1.10 bits per heavy atom. The summed E-state index contributed by atoms with van der Waals surface area (Å²) in [5.41, 5.74) is 9.26. The number of aryl methyl sites for hydroxylation is 1. The largest absolute Gasteiger partial charge is 0.399 e. The average Bonchev–Trinajstić information content (AvgIpc) is 2.49. The van der Waals surface area contributed by atoms with Gasteiger partial charge in [0, 0.05) is 18.4 Å². The summed E-state index contributed by atoms with van der Waals surface area (Å²) in [5.74, 6) is 0. The fourth-order valence-corrected chi connectivity index (χ4v) is 2.32. The molecule has 0 radical (unpaired) electrons. The molecule has 0 amide bonds. The molecule has 1 heterocycles. The second-order valence-corrected chi connectivity index (χ2v) is 4.99. The number of hydrogen-bond donors (Lipinski definition) is 1. The Hall–Kier alpha value is -1.87. The molecule has 3 nitrogen and oxygen atoms in total. The first-order valence-corrected chi connectivity index (χ1v) is 7.25. The van der Waals surface area contributed by atoms with Gasteiger partial charge in [0.25, 0.3) is 0 Å². The third-order valence-electron chi connectivity index (χ3n) is 3.53. The summed E-state index contributed by atoms with van der Waals surface area (Å²) in [4.78, 5) is 6.80. The molecule has 2 aromatic rings. The second kappa shape index (κ2) is 7.65. The number of hydrogen-bond acceptors (Lipinski definition) is 3. The molecular weight excluding hydrogens is 246 g/mol. The van der Waals surface area contributed by atoms with Crippen LogP contribution in [0.15, 0.2) is 48.7 Å². The molecule has 0 saturated heterocycles. The molecule has 106 valence electrons. The third-order valence-corrected chi connectivity index (χ3v) is 3.53. The minimum atomic E-state index is 0.903. The van der Waals surface area contributed by atoms with Gasteiger partial charge in [-0.25, -0.2) is 0 Å². The molecule has 0 unspecified atom stereocenters. The predicted octanol–water partition coefficient (Wildman–Crippen LogP) is 3.12. The fourth-order valence-electron chi connectivity index (χ4n) is 2.32. The number of para-hydroxylation sites is 1. The summed E-state index contributed by atoms with van der Waals surface area (Å²) in [6.45, 7) is 5.23. The maximum atomic E-state index is 5.97. The molecule has 0 atom stereocenters. The summed E-state index contributed by atoms with van der Waals surface area (Å²) in [5, 5.41) is 0. The number of pyridine rings is 1. The van der Waals surface area contributed by atoms with Crippen LogP contribution in [-0.2, 0) is 13.0 Å². The molecule has 3 heteroatoms. The van der Waals surface area contributed by atoms with E-state index in [1.807, 2.05) is 30.5 Å². The second-order valence-electron chi connectivity index (χ2n) is 4.99. The maximum absolute atomic E-state index is 5.97. The molecule has 0 aliphatic carbocycles. The molecule has 1 aromatic heterocycles. The number of nitrogens with two attached hydrogens (primary N) is 1. The van der Waals surface area contributed by atoms with E-state index in [0.29, 0.717) is 0 Å². The Morgan fingerprint density at radius 3 is 2.60 bits per heavy atom. The van der Waals surface area contributed by atoms with E-state index in [0.717, 1.165) is 43.9 Å². The first-order valence-electron chi connectivity index (χ1n) is 7.25. The van der Waals surface area contributed by atoms with Crippen LogP contribution in [0.4, 0.5) is 5.69 Å². The van der Waals surface area contributed by atoms with Gasteiger partial charge in [0.05, 0.1) is 5.69 Å².